The van der Waals surface area contributed by atoms with Gasteiger partial charge >= 0.3 is 6.16 Å². The van der Waals surface area contributed by atoms with E-state index in [0.717, 1.165) is 22.5 Å². The molecule has 1 fully saturated rings. The number of aliphatic hydroxyl groups excluding tert-OH is 1. The summed E-state index contributed by atoms with van der Waals surface area (Å²) in [5, 5.41) is 20.9. The monoisotopic (exact) mass is 638 g/mol. The highest BCUT2D eigenvalue weighted by Gasteiger charge is 2.44. The van der Waals surface area contributed by atoms with Gasteiger partial charge in [-0.05, 0) is 49.8 Å². The summed E-state index contributed by atoms with van der Waals surface area (Å²) < 4.78 is 32.9. The van der Waals surface area contributed by atoms with E-state index in [1.807, 2.05) is 35.0 Å². The van der Waals surface area contributed by atoms with Crippen molar-refractivity contribution in [3.05, 3.63) is 112 Å². The number of nitrogens with zero attached hydrogens (tertiary/aromatic N) is 3. The van der Waals surface area contributed by atoms with Crippen molar-refractivity contribution in [2.75, 3.05) is 6.61 Å². The zero-order valence-corrected chi connectivity index (χ0v) is 25.7. The van der Waals surface area contributed by atoms with Crippen molar-refractivity contribution < 1.29 is 42.0 Å². The number of fused-ring (bicyclic) bond motifs is 4. The number of hydroxylamine groups is 2. The highest BCUT2D eigenvalue weighted by Crippen LogP contribution is 2.40. The predicted molar refractivity (Wildman–Crippen MR) is 163 cm³/mol. The molecule has 0 saturated carbocycles. The molecule has 1 saturated heterocycles. The summed E-state index contributed by atoms with van der Waals surface area (Å²) in [6.45, 7) is 4.10. The molecule has 3 aliphatic rings. The Labute approximate surface area is 264 Å². The number of pyridine rings is 1. The van der Waals surface area contributed by atoms with E-state index >= 15 is 0 Å². The van der Waals surface area contributed by atoms with Gasteiger partial charge in [0.05, 0.1) is 28.6 Å². The summed E-state index contributed by atoms with van der Waals surface area (Å²) in [4.78, 5) is 39.8. The second-order valence-corrected chi connectivity index (χ2v) is 13.3. The average molecular weight is 639 g/mol. The van der Waals surface area contributed by atoms with Gasteiger partial charge in [-0.25, -0.2) is 13.2 Å². The fourth-order valence-electron chi connectivity index (χ4n) is 5.83. The molecule has 12 heteroatoms. The number of imide groups is 1. The quantitative estimate of drug-likeness (QED) is 0.129. The molecule has 232 valence electrons. The van der Waals surface area contributed by atoms with Crippen molar-refractivity contribution in [3.8, 4) is 11.8 Å². The molecule has 0 radical (unpaired) electrons. The summed E-state index contributed by atoms with van der Waals surface area (Å²) in [6.07, 6.45) is 5.36. The van der Waals surface area contributed by atoms with Gasteiger partial charge in [0.15, 0.2) is 11.9 Å². The van der Waals surface area contributed by atoms with Crippen LogP contribution in [0.5, 0.6) is 0 Å². The minimum atomic E-state index is -3.87. The second-order valence-electron chi connectivity index (χ2n) is 11.4. The van der Waals surface area contributed by atoms with Crippen LogP contribution in [-0.2, 0) is 40.8 Å². The zero-order valence-electron chi connectivity index (χ0n) is 24.9. The minimum Gasteiger partial charge on any atom is -0.506 e. The van der Waals surface area contributed by atoms with Crippen molar-refractivity contribution in [1.82, 2.24) is 5.06 Å². The second kappa shape index (κ2) is 11.4. The summed E-state index contributed by atoms with van der Waals surface area (Å²) in [6, 6.07) is 18.0. The lowest BCUT2D eigenvalue weighted by molar-refractivity contribution is -0.599. The molecular weight excluding hydrogens is 610 g/mol. The Kier molecular flexibility index (Phi) is 7.57. The van der Waals surface area contributed by atoms with E-state index in [4.69, 9.17) is 9.57 Å². The number of aromatic nitrogens is 1. The van der Waals surface area contributed by atoms with E-state index in [1.165, 1.54) is 24.3 Å². The van der Waals surface area contributed by atoms with Crippen LogP contribution in [0.4, 0.5) is 4.79 Å². The Morgan fingerprint density at radius 2 is 1.85 bits per heavy atom. The summed E-state index contributed by atoms with van der Waals surface area (Å²) in [7, 11) is -3.87. The molecule has 11 nitrogen and oxygen atoms in total. The SMILES string of the molecule is CC1(C)c2cc(CCOC(=O)ON3C(=O)CCC3=O)ccc2-[n+]2ccc(/C(C#N)=C/C=C/C3=C(O)c4ccccc4S3(=O)=O)cc21. The van der Waals surface area contributed by atoms with Gasteiger partial charge < -0.3 is 9.84 Å². The van der Waals surface area contributed by atoms with Crippen molar-refractivity contribution in [3.63, 3.8) is 0 Å². The third-order valence-electron chi connectivity index (χ3n) is 8.27. The lowest BCUT2D eigenvalue weighted by Crippen LogP contribution is -2.34. The third-order valence-corrected chi connectivity index (χ3v) is 10.1. The van der Waals surface area contributed by atoms with Gasteiger partial charge in [-0.3, -0.25) is 14.4 Å². The maximum atomic E-state index is 12.9. The first kappa shape index (κ1) is 30.5. The van der Waals surface area contributed by atoms with Crippen LogP contribution in [0.25, 0.3) is 17.0 Å². The molecule has 0 spiro atoms. The van der Waals surface area contributed by atoms with Crippen molar-refractivity contribution >= 4 is 39.1 Å². The highest BCUT2D eigenvalue weighted by molar-refractivity contribution is 7.96. The summed E-state index contributed by atoms with van der Waals surface area (Å²) in [5.41, 5.74) is 4.52. The summed E-state index contributed by atoms with van der Waals surface area (Å²) in [5.74, 6) is -1.49. The lowest BCUT2D eigenvalue weighted by Gasteiger charge is -2.15. The van der Waals surface area contributed by atoms with Crippen molar-refractivity contribution in [2.45, 2.75) is 43.4 Å². The van der Waals surface area contributed by atoms with Gasteiger partial charge in [0, 0.05) is 54.2 Å². The van der Waals surface area contributed by atoms with E-state index in [-0.39, 0.29) is 40.6 Å². The Morgan fingerprint density at radius 3 is 2.57 bits per heavy atom. The predicted octanol–water partition coefficient (Wildman–Crippen LogP) is 4.54. The molecular formula is C34H28N3O8S+. The number of ether oxygens (including phenoxy) is 1. The first-order valence-electron chi connectivity index (χ1n) is 14.4. The number of hydrogen-bond acceptors (Lipinski definition) is 9. The number of benzene rings is 2. The summed E-state index contributed by atoms with van der Waals surface area (Å²) >= 11 is 0. The molecule has 0 aliphatic carbocycles. The van der Waals surface area contributed by atoms with E-state index < -0.39 is 33.2 Å². The normalized spacial score (nSPS) is 17.6. The average Bonchev–Trinajstić information content (AvgIpc) is 3.54. The Bertz CT molecular complexity index is 2070. The number of amides is 2. The largest absolute Gasteiger partial charge is 0.533 e. The topological polar surface area (TPSA) is 155 Å². The number of aliphatic hydroxyl groups is 1. The highest BCUT2D eigenvalue weighted by atomic mass is 32.2. The molecule has 0 bridgehead atoms. The minimum absolute atomic E-state index is 0.00399. The Balaban J connectivity index is 1.17. The Hall–Kier alpha value is -5.54. The van der Waals surface area contributed by atoms with E-state index in [1.54, 1.807) is 24.3 Å². The number of carbonyl (C=O) groups excluding carboxylic acids is 3. The maximum absolute atomic E-state index is 12.9. The maximum Gasteiger partial charge on any atom is 0.533 e. The number of hydrogen-bond donors (Lipinski definition) is 1. The molecule has 2 amide bonds. The van der Waals surface area contributed by atoms with Crippen LogP contribution < -0.4 is 4.57 Å². The Morgan fingerprint density at radius 1 is 1.11 bits per heavy atom. The number of carbonyl (C=O) groups is 3. The number of sulfone groups is 1. The van der Waals surface area contributed by atoms with Crippen molar-refractivity contribution in [1.29, 1.82) is 5.26 Å². The number of nitriles is 1. The molecule has 1 aromatic heterocycles. The number of allylic oxidation sites excluding steroid dienone is 4. The lowest BCUT2D eigenvalue weighted by atomic mass is 9.82. The first-order valence-corrected chi connectivity index (χ1v) is 15.9. The van der Waals surface area contributed by atoms with Crippen LogP contribution in [0.3, 0.4) is 0 Å². The van der Waals surface area contributed by atoms with Gasteiger partial charge in [0.1, 0.15) is 10.7 Å². The van der Waals surface area contributed by atoms with Gasteiger partial charge in [0.25, 0.3) is 11.8 Å². The molecule has 1 N–H and O–H groups in total. The van der Waals surface area contributed by atoms with E-state index in [9.17, 15) is 33.2 Å². The van der Waals surface area contributed by atoms with Crippen LogP contribution in [0.2, 0.25) is 0 Å². The van der Waals surface area contributed by atoms with Gasteiger partial charge in [-0.1, -0.05) is 29.3 Å². The van der Waals surface area contributed by atoms with E-state index in [2.05, 4.69) is 19.9 Å². The molecule has 6 rings (SSSR count). The molecule has 3 aromatic rings. The van der Waals surface area contributed by atoms with Crippen LogP contribution in [0, 0.1) is 11.3 Å². The zero-order chi connectivity index (χ0) is 32.8. The smallest absolute Gasteiger partial charge is 0.506 e. The standard InChI is InChI=1S/C34H27N3O8S/c1-34(2)25-18-21(15-17-44-33(41)45-37-30(38)12-13-31(37)39)10-11-26(25)36-16-14-22(19-29(34)36)23(20-35)6-5-9-28-32(40)24-7-3-4-8-27(24)46(28,42)43/h3-11,14,16,18-19H,12-13,15,17H2,1-2H3/p+1. The molecule has 0 unspecified atom stereocenters. The van der Waals surface area contributed by atoms with Crippen molar-refractivity contribution in [2.24, 2.45) is 0 Å². The fourth-order valence-corrected chi connectivity index (χ4v) is 7.40. The first-order chi connectivity index (χ1) is 21.9. The fraction of sp³-hybridized carbons (Fsp3) is 0.206. The van der Waals surface area contributed by atoms with Crippen LogP contribution in [0.15, 0.2) is 88.8 Å². The van der Waals surface area contributed by atoms with E-state index in [0.29, 0.717) is 22.6 Å². The van der Waals surface area contributed by atoms with Gasteiger partial charge in [-0.15, -0.1) is 0 Å². The molecule has 2 aromatic carbocycles. The number of rotatable bonds is 7. The molecule has 4 heterocycles. The molecule has 3 aliphatic heterocycles. The third kappa shape index (κ3) is 5.14. The van der Waals surface area contributed by atoms with Gasteiger partial charge in [-0.2, -0.15) is 9.83 Å². The van der Waals surface area contributed by atoms with Crippen LogP contribution in [-0.4, -0.2) is 43.2 Å². The van der Waals surface area contributed by atoms with Crippen LogP contribution in [0.1, 0.15) is 54.6 Å². The molecule has 0 atom stereocenters. The van der Waals surface area contributed by atoms with Gasteiger partial charge in [0.2, 0.25) is 15.5 Å². The van der Waals surface area contributed by atoms with Crippen LogP contribution >= 0.6 is 0 Å². The molecule has 46 heavy (non-hydrogen) atoms.